The van der Waals surface area contributed by atoms with E-state index in [4.69, 9.17) is 9.47 Å². The second kappa shape index (κ2) is 35.0. The Morgan fingerprint density at radius 3 is 0.939 bits per heavy atom. The van der Waals surface area contributed by atoms with Gasteiger partial charge >= 0.3 is 0 Å². The van der Waals surface area contributed by atoms with Gasteiger partial charge in [-0.2, -0.15) is 0 Å². The van der Waals surface area contributed by atoms with Crippen LogP contribution in [0.25, 0.3) is 11.1 Å². The van der Waals surface area contributed by atoms with Gasteiger partial charge < -0.3 is 9.47 Å². The summed E-state index contributed by atoms with van der Waals surface area (Å²) in [5.74, 6) is 1.92. The molecule has 0 amide bonds. The van der Waals surface area contributed by atoms with Crippen LogP contribution in [0.15, 0.2) is 244 Å². The van der Waals surface area contributed by atoms with Gasteiger partial charge in [-0.15, -0.1) is 13.2 Å². The van der Waals surface area contributed by atoms with Gasteiger partial charge in [0, 0.05) is 5.56 Å². The van der Waals surface area contributed by atoms with Crippen LogP contribution in [0.5, 0.6) is 11.5 Å². The summed E-state index contributed by atoms with van der Waals surface area (Å²) >= 11 is 0. The van der Waals surface area contributed by atoms with Crippen LogP contribution in [0.1, 0.15) is 140 Å². The van der Waals surface area contributed by atoms with Crippen LogP contribution < -0.4 is 41.3 Å². The summed E-state index contributed by atoms with van der Waals surface area (Å²) < 4.78 is 13.1. The summed E-state index contributed by atoms with van der Waals surface area (Å²) in [5.41, 5.74) is 4.73. The summed E-state index contributed by atoms with van der Waals surface area (Å²) in [5, 5.41) is 8.97. The molecule has 82 heavy (non-hydrogen) atoms. The van der Waals surface area contributed by atoms with Crippen molar-refractivity contribution in [1.82, 2.24) is 0 Å². The van der Waals surface area contributed by atoms with Crippen molar-refractivity contribution in [2.75, 3.05) is 25.5 Å². The molecule has 0 aliphatic heterocycles. The Labute approximate surface area is 497 Å². The van der Waals surface area contributed by atoms with Gasteiger partial charge in [0.2, 0.25) is 0 Å². The van der Waals surface area contributed by atoms with E-state index in [2.05, 4.69) is 232 Å². The maximum atomic E-state index is 6.57. The first-order chi connectivity index (χ1) is 40.7. The van der Waals surface area contributed by atoms with Crippen molar-refractivity contribution < 1.29 is 9.47 Å². The van der Waals surface area contributed by atoms with Crippen LogP contribution in [0.4, 0.5) is 0 Å². The fourth-order valence-electron chi connectivity index (χ4n) is 12.3. The van der Waals surface area contributed by atoms with Crippen molar-refractivity contribution in [2.45, 2.75) is 141 Å². The minimum absolute atomic E-state index is 0.732. The van der Waals surface area contributed by atoms with Crippen LogP contribution in [0, 0.1) is 0 Å². The number of hydrogen-bond acceptors (Lipinski definition) is 2. The third-order valence-corrected chi connectivity index (χ3v) is 25.7. The molecule has 4 heteroatoms. The highest BCUT2D eigenvalue weighted by molar-refractivity contribution is 7.96. The largest absolute Gasteiger partial charge is 0.493 e. The van der Waals surface area contributed by atoms with E-state index in [0.29, 0.717) is 0 Å². The standard InChI is InChI=1S/C78H94O2P2/c1-3-43-67-57-59-78(80-62-40-18-14-10-6-8-12-16-20-42-64-82(73-51-33-24-34-52-73,74-53-35-25-36-54-74)75-55-37-26-38-56-75)76(65-67)68-58-60-77(69(66-68)44-4-2)79-61-39-17-13-9-5-7-11-15-19-41-63-81(70-45-27-21-28-46-70,71-47-29-22-30-48-71)72-49-31-23-32-50-72/h3-4,21-38,45-60,65-66H,1-2,5-20,39-44,61-64H2/q+2. The Hall–Kier alpha value is -6.30. The highest BCUT2D eigenvalue weighted by Crippen LogP contribution is 2.57. The molecule has 2 nitrogen and oxygen atoms in total. The molecule has 0 bridgehead atoms. The van der Waals surface area contributed by atoms with Gasteiger partial charge in [0.15, 0.2) is 0 Å². The van der Waals surface area contributed by atoms with E-state index in [-0.39, 0.29) is 0 Å². The molecule has 8 aromatic rings. The highest BCUT2D eigenvalue weighted by atomic mass is 31.2. The van der Waals surface area contributed by atoms with Crippen LogP contribution in [0.3, 0.4) is 0 Å². The minimum Gasteiger partial charge on any atom is -0.493 e. The quantitative estimate of drug-likeness (QED) is 0.0217. The molecular formula is C78H94O2P2+2. The number of allylic oxidation sites excluding steroid dienone is 2. The Bertz CT molecular complexity index is 2820. The lowest BCUT2D eigenvalue weighted by molar-refractivity contribution is 0.301. The molecule has 426 valence electrons. The van der Waals surface area contributed by atoms with Crippen molar-refractivity contribution in [1.29, 1.82) is 0 Å². The molecule has 8 aromatic carbocycles. The lowest BCUT2D eigenvalue weighted by Gasteiger charge is -2.27. The molecule has 8 rings (SSSR count). The van der Waals surface area contributed by atoms with E-state index in [0.717, 1.165) is 61.5 Å². The lowest BCUT2D eigenvalue weighted by atomic mass is 9.97. The molecule has 0 radical (unpaired) electrons. The summed E-state index contributed by atoms with van der Waals surface area (Å²) in [6.45, 7) is 9.61. The monoisotopic (exact) mass is 1120 g/mol. The van der Waals surface area contributed by atoms with E-state index in [1.54, 1.807) is 0 Å². The molecule has 0 aromatic heterocycles. The molecular weight excluding hydrogens is 1030 g/mol. The first-order valence-corrected chi connectivity index (χ1v) is 35.4. The van der Waals surface area contributed by atoms with Gasteiger partial charge in [0.05, 0.1) is 25.5 Å². The number of ether oxygens (including phenoxy) is 2. The summed E-state index contributed by atoms with van der Waals surface area (Å²) in [6.07, 6.45) is 33.4. The number of hydrogen-bond donors (Lipinski definition) is 0. The molecule has 0 heterocycles. The molecule has 0 unspecified atom stereocenters. The molecule has 0 fully saturated rings. The van der Waals surface area contributed by atoms with Crippen LogP contribution in [-0.4, -0.2) is 25.5 Å². The van der Waals surface area contributed by atoms with Crippen molar-refractivity contribution in [3.63, 3.8) is 0 Å². The maximum absolute atomic E-state index is 6.57. The van der Waals surface area contributed by atoms with Crippen molar-refractivity contribution in [2.24, 2.45) is 0 Å². The second-order valence-electron chi connectivity index (χ2n) is 22.5. The smallest absolute Gasteiger partial charge is 0.127 e. The zero-order valence-corrected chi connectivity index (χ0v) is 51.2. The van der Waals surface area contributed by atoms with Gasteiger partial charge in [0.1, 0.15) is 57.9 Å². The van der Waals surface area contributed by atoms with E-state index in [1.807, 2.05) is 12.2 Å². The fraction of sp³-hybridized carbons (Fsp3) is 0.333. The summed E-state index contributed by atoms with van der Waals surface area (Å²) in [7, 11) is -3.46. The molecule has 0 atom stereocenters. The molecule has 0 saturated heterocycles. The topological polar surface area (TPSA) is 18.5 Å². The normalized spacial score (nSPS) is 11.6. The van der Waals surface area contributed by atoms with Crippen molar-refractivity contribution in [3.05, 3.63) is 255 Å². The van der Waals surface area contributed by atoms with Gasteiger partial charge in [0.25, 0.3) is 0 Å². The van der Waals surface area contributed by atoms with E-state index >= 15 is 0 Å². The molecule has 0 aliphatic carbocycles. The third-order valence-electron chi connectivity index (χ3n) is 16.6. The van der Waals surface area contributed by atoms with Crippen molar-refractivity contribution >= 4 is 46.4 Å². The lowest BCUT2D eigenvalue weighted by Crippen LogP contribution is -2.33. The predicted octanol–water partition coefficient (Wildman–Crippen LogP) is 19.4. The van der Waals surface area contributed by atoms with Gasteiger partial charge in [-0.3, -0.25) is 0 Å². The highest BCUT2D eigenvalue weighted by Gasteiger charge is 2.45. The molecule has 0 spiro atoms. The first kappa shape index (κ1) is 61.8. The van der Waals surface area contributed by atoms with Crippen LogP contribution in [-0.2, 0) is 12.8 Å². The maximum Gasteiger partial charge on any atom is 0.127 e. The Balaban J connectivity index is 0.706. The summed E-state index contributed by atoms with van der Waals surface area (Å²) in [4.78, 5) is 0. The minimum atomic E-state index is -1.73. The van der Waals surface area contributed by atoms with Gasteiger partial charge in [-0.25, -0.2) is 0 Å². The van der Waals surface area contributed by atoms with Crippen molar-refractivity contribution in [3.8, 4) is 22.6 Å². The number of rotatable bonds is 39. The Morgan fingerprint density at radius 2 is 0.598 bits per heavy atom. The fourth-order valence-corrected chi connectivity index (χ4v) is 21.1. The third kappa shape index (κ3) is 17.9. The first-order valence-electron chi connectivity index (χ1n) is 31.5. The average molecular weight is 1130 g/mol. The van der Waals surface area contributed by atoms with Crippen LogP contribution >= 0.6 is 14.5 Å². The number of unbranched alkanes of at least 4 members (excludes halogenated alkanes) is 18. The SMILES string of the molecule is C=CCc1ccc(OCCCCCCCCCCCC[P+](c2ccccc2)(c2ccccc2)c2ccccc2)c(-c2ccc(OCCCCCCCCCCCC[P+](c3ccccc3)(c3ccccc3)c3ccccc3)c(CC=C)c2)c1. The Kier molecular flexibility index (Phi) is 26.3. The zero-order valence-electron chi connectivity index (χ0n) is 49.4. The van der Waals surface area contributed by atoms with Gasteiger partial charge in [-0.05, 0) is 165 Å². The second-order valence-corrected chi connectivity index (χ2v) is 29.7. The average Bonchev–Trinajstić information content (AvgIpc) is 3.13. The van der Waals surface area contributed by atoms with E-state index in [9.17, 15) is 0 Å². The Morgan fingerprint density at radius 1 is 0.293 bits per heavy atom. The number of benzene rings is 8. The van der Waals surface area contributed by atoms with E-state index in [1.165, 1.54) is 171 Å². The van der Waals surface area contributed by atoms with Gasteiger partial charge in [-0.1, -0.05) is 223 Å². The predicted molar refractivity (Wildman–Crippen MR) is 363 cm³/mol. The van der Waals surface area contributed by atoms with E-state index < -0.39 is 14.5 Å². The molecule has 0 aliphatic rings. The molecule has 0 N–H and O–H groups in total. The summed E-state index contributed by atoms with van der Waals surface area (Å²) in [6, 6.07) is 81.4. The van der Waals surface area contributed by atoms with Crippen LogP contribution in [0.2, 0.25) is 0 Å². The molecule has 0 saturated carbocycles. The zero-order chi connectivity index (χ0) is 56.6.